The van der Waals surface area contributed by atoms with Crippen LogP contribution in [0.4, 0.5) is 0 Å². The van der Waals surface area contributed by atoms with Crippen molar-refractivity contribution in [2.75, 3.05) is 13.1 Å². The molecular formula is C13H26N2S. The highest BCUT2D eigenvalue weighted by Crippen LogP contribution is 2.46. The van der Waals surface area contributed by atoms with Gasteiger partial charge in [0.05, 0.1) is 0 Å². The van der Waals surface area contributed by atoms with Crippen LogP contribution in [-0.2, 0) is 0 Å². The first kappa shape index (κ1) is 12.7. The van der Waals surface area contributed by atoms with Crippen LogP contribution in [0, 0.1) is 5.41 Å². The highest BCUT2D eigenvalue weighted by molar-refractivity contribution is 7.98. The molecule has 2 rings (SSSR count). The maximum Gasteiger partial charge on any atom is 0.0229 e. The zero-order valence-corrected chi connectivity index (χ0v) is 11.8. The summed E-state index contributed by atoms with van der Waals surface area (Å²) >= 11 is 1.93. The molecule has 94 valence electrons. The minimum absolute atomic E-state index is 0.330. The van der Waals surface area contributed by atoms with Gasteiger partial charge in [0, 0.05) is 10.8 Å². The molecule has 0 amide bonds. The Hall–Kier alpha value is 0.270. The third kappa shape index (κ3) is 2.93. The minimum Gasteiger partial charge on any atom is -0.317 e. The molecule has 16 heavy (non-hydrogen) atoms. The Morgan fingerprint density at radius 3 is 2.50 bits per heavy atom. The highest BCUT2D eigenvalue weighted by atomic mass is 32.2. The summed E-state index contributed by atoms with van der Waals surface area (Å²) in [5.41, 5.74) is 0.615. The Bertz CT molecular complexity index is 229. The second-order valence-corrected chi connectivity index (χ2v) is 8.05. The molecule has 1 aliphatic heterocycles. The maximum atomic E-state index is 3.77. The molecule has 0 aromatic heterocycles. The molecule has 1 heterocycles. The summed E-state index contributed by atoms with van der Waals surface area (Å²) in [5, 5.41) is 3.49. The number of hydrogen-bond donors (Lipinski definition) is 2. The van der Waals surface area contributed by atoms with Crippen molar-refractivity contribution < 1.29 is 0 Å². The fraction of sp³-hybridized carbons (Fsp3) is 1.00. The van der Waals surface area contributed by atoms with Crippen LogP contribution in [0.25, 0.3) is 0 Å². The van der Waals surface area contributed by atoms with Gasteiger partial charge in [0.1, 0.15) is 0 Å². The molecule has 1 aliphatic carbocycles. The number of piperidine rings is 1. The largest absolute Gasteiger partial charge is 0.317 e. The third-order valence-electron chi connectivity index (χ3n) is 4.01. The number of hydrogen-bond acceptors (Lipinski definition) is 3. The van der Waals surface area contributed by atoms with Crippen LogP contribution < -0.4 is 10.0 Å². The van der Waals surface area contributed by atoms with Crippen molar-refractivity contribution in [3.63, 3.8) is 0 Å². The average molecular weight is 242 g/mol. The Morgan fingerprint density at radius 1 is 1.19 bits per heavy atom. The summed E-state index contributed by atoms with van der Waals surface area (Å²) in [7, 11) is 0. The van der Waals surface area contributed by atoms with Gasteiger partial charge in [-0.1, -0.05) is 18.4 Å². The average Bonchev–Trinajstić information content (AvgIpc) is 2.58. The van der Waals surface area contributed by atoms with Gasteiger partial charge in [0.2, 0.25) is 0 Å². The number of nitrogens with one attached hydrogen (secondary N) is 2. The molecular weight excluding hydrogens is 216 g/mol. The van der Waals surface area contributed by atoms with Gasteiger partial charge in [-0.15, -0.1) is 0 Å². The van der Waals surface area contributed by atoms with Crippen molar-refractivity contribution in [3.8, 4) is 0 Å². The smallest absolute Gasteiger partial charge is 0.0229 e. The van der Waals surface area contributed by atoms with Gasteiger partial charge in [0.15, 0.2) is 0 Å². The van der Waals surface area contributed by atoms with Crippen LogP contribution in [-0.4, -0.2) is 23.9 Å². The summed E-state index contributed by atoms with van der Waals surface area (Å²) in [4.78, 5) is 0. The molecule has 1 atom stereocenters. The fourth-order valence-electron chi connectivity index (χ4n) is 3.09. The van der Waals surface area contributed by atoms with Crippen molar-refractivity contribution in [2.45, 2.75) is 63.7 Å². The van der Waals surface area contributed by atoms with Gasteiger partial charge >= 0.3 is 0 Å². The van der Waals surface area contributed by atoms with E-state index < -0.39 is 0 Å². The van der Waals surface area contributed by atoms with Crippen molar-refractivity contribution in [1.82, 2.24) is 10.0 Å². The predicted molar refractivity (Wildman–Crippen MR) is 72.7 cm³/mol. The molecule has 1 saturated carbocycles. The second-order valence-electron chi connectivity index (χ2n) is 6.39. The van der Waals surface area contributed by atoms with E-state index in [4.69, 9.17) is 0 Å². The van der Waals surface area contributed by atoms with E-state index in [1.165, 1.54) is 45.2 Å². The molecule has 2 fully saturated rings. The van der Waals surface area contributed by atoms with E-state index in [1.54, 1.807) is 0 Å². The SMILES string of the molecule is CC(C)(C)SN[C@@H]1CCCC12CCNCC2. The van der Waals surface area contributed by atoms with E-state index >= 15 is 0 Å². The highest BCUT2D eigenvalue weighted by Gasteiger charge is 2.43. The first-order valence-corrected chi connectivity index (χ1v) is 7.48. The van der Waals surface area contributed by atoms with Crippen LogP contribution in [0.1, 0.15) is 52.9 Å². The van der Waals surface area contributed by atoms with E-state index in [2.05, 4.69) is 30.8 Å². The molecule has 1 spiro atoms. The van der Waals surface area contributed by atoms with E-state index in [-0.39, 0.29) is 0 Å². The van der Waals surface area contributed by atoms with Crippen LogP contribution >= 0.6 is 11.9 Å². The molecule has 2 aliphatic rings. The molecule has 0 unspecified atom stereocenters. The lowest BCUT2D eigenvalue weighted by Crippen LogP contribution is -2.46. The maximum absolute atomic E-state index is 3.77. The zero-order chi connectivity index (χ0) is 11.6. The lowest BCUT2D eigenvalue weighted by molar-refractivity contribution is 0.176. The summed E-state index contributed by atoms with van der Waals surface area (Å²) in [5.74, 6) is 0. The second kappa shape index (κ2) is 4.87. The Labute approximate surface area is 104 Å². The van der Waals surface area contributed by atoms with Crippen molar-refractivity contribution in [2.24, 2.45) is 5.41 Å². The Morgan fingerprint density at radius 2 is 1.88 bits per heavy atom. The van der Waals surface area contributed by atoms with Gasteiger partial charge in [-0.2, -0.15) is 0 Å². The van der Waals surface area contributed by atoms with E-state index in [0.717, 1.165) is 6.04 Å². The summed E-state index contributed by atoms with van der Waals surface area (Å²) < 4.78 is 4.10. The zero-order valence-electron chi connectivity index (χ0n) is 10.9. The molecule has 1 saturated heterocycles. The summed E-state index contributed by atoms with van der Waals surface area (Å²) in [6, 6.07) is 0.749. The summed E-state index contributed by atoms with van der Waals surface area (Å²) in [6.07, 6.45) is 6.98. The van der Waals surface area contributed by atoms with Crippen LogP contribution in [0.2, 0.25) is 0 Å². The van der Waals surface area contributed by atoms with E-state index in [0.29, 0.717) is 10.2 Å². The molecule has 3 heteroatoms. The molecule has 2 nitrogen and oxygen atoms in total. The lowest BCUT2D eigenvalue weighted by Gasteiger charge is -2.40. The minimum atomic E-state index is 0.330. The first-order chi connectivity index (χ1) is 7.52. The summed E-state index contributed by atoms with van der Waals surface area (Å²) in [6.45, 7) is 9.30. The lowest BCUT2D eigenvalue weighted by atomic mass is 9.75. The fourth-order valence-corrected chi connectivity index (χ4v) is 3.96. The predicted octanol–water partition coefficient (Wildman–Crippen LogP) is 2.95. The quantitative estimate of drug-likeness (QED) is 0.728. The monoisotopic (exact) mass is 242 g/mol. The normalized spacial score (nSPS) is 29.8. The van der Waals surface area contributed by atoms with Gasteiger partial charge in [-0.3, -0.25) is 4.72 Å². The number of rotatable bonds is 2. The van der Waals surface area contributed by atoms with Gasteiger partial charge in [-0.05, 0) is 65.0 Å². The molecule has 2 N–H and O–H groups in total. The van der Waals surface area contributed by atoms with E-state index in [9.17, 15) is 0 Å². The Balaban J connectivity index is 1.92. The molecule has 0 aromatic rings. The molecule has 0 aromatic carbocycles. The van der Waals surface area contributed by atoms with E-state index in [1.807, 2.05) is 11.9 Å². The molecule has 0 radical (unpaired) electrons. The van der Waals surface area contributed by atoms with Crippen LogP contribution in [0.5, 0.6) is 0 Å². The van der Waals surface area contributed by atoms with Gasteiger partial charge < -0.3 is 5.32 Å². The standard InChI is InChI=1S/C13H26N2S/c1-12(2,3)16-15-11-5-4-6-13(11)7-9-14-10-8-13/h11,14-15H,4-10H2,1-3H3/t11-/m1/s1. The van der Waals surface area contributed by atoms with Gasteiger partial charge in [-0.25, -0.2) is 0 Å². The third-order valence-corrected chi connectivity index (χ3v) is 5.03. The van der Waals surface area contributed by atoms with Crippen LogP contribution in [0.3, 0.4) is 0 Å². The Kier molecular flexibility index (Phi) is 3.87. The van der Waals surface area contributed by atoms with Crippen molar-refractivity contribution in [1.29, 1.82) is 0 Å². The van der Waals surface area contributed by atoms with Crippen molar-refractivity contribution >= 4 is 11.9 Å². The first-order valence-electron chi connectivity index (χ1n) is 6.66. The topological polar surface area (TPSA) is 24.1 Å². The van der Waals surface area contributed by atoms with Crippen molar-refractivity contribution in [3.05, 3.63) is 0 Å². The van der Waals surface area contributed by atoms with Gasteiger partial charge in [0.25, 0.3) is 0 Å². The van der Waals surface area contributed by atoms with Crippen LogP contribution in [0.15, 0.2) is 0 Å². The molecule has 0 bridgehead atoms.